The van der Waals surface area contributed by atoms with Gasteiger partial charge in [0.1, 0.15) is 11.2 Å². The molecule has 0 aliphatic heterocycles. The first kappa shape index (κ1) is 21.1. The fourth-order valence-electron chi connectivity index (χ4n) is 6.77. The van der Waals surface area contributed by atoms with Gasteiger partial charge in [0.15, 0.2) is 0 Å². The van der Waals surface area contributed by atoms with E-state index in [2.05, 4.69) is 115 Å². The summed E-state index contributed by atoms with van der Waals surface area (Å²) in [7, 11) is 0. The van der Waals surface area contributed by atoms with Gasteiger partial charge in [-0.3, -0.25) is 0 Å². The fraction of sp³-hybridized carbons (Fsp3) is 0. The van der Waals surface area contributed by atoms with Crippen molar-refractivity contribution in [2.24, 2.45) is 0 Å². The monoisotopic (exact) mass is 549 g/mol. The SMILES string of the molecule is [2H]c1cc([2H])c(-c2ccc(-c3c4ccccc4c(-c4cccc5oc6c7ccccc7ccc6c45)c4ccccc34)cc2)c([2H])c1. The summed E-state index contributed by atoms with van der Waals surface area (Å²) in [6.45, 7) is 0. The molecule has 0 saturated carbocycles. The van der Waals surface area contributed by atoms with Crippen molar-refractivity contribution in [1.82, 2.24) is 0 Å². The Bertz CT molecular complexity index is 2590. The molecule has 0 unspecified atom stereocenters. The lowest BCUT2D eigenvalue weighted by atomic mass is 9.84. The molecule has 0 saturated heterocycles. The van der Waals surface area contributed by atoms with Crippen LogP contribution in [0, 0.1) is 0 Å². The molecule has 9 aromatic rings. The first-order valence-electron chi connectivity index (χ1n) is 16.0. The standard InChI is InChI=1S/C42H26O/c1-2-11-27(12-3-1)28-21-23-30(24-22-28)39-32-15-6-8-17-34(32)40(35-18-9-7-16-33(35)39)36-19-10-20-38-41(36)37-26-25-29-13-4-5-14-31(29)42(37)43-38/h1-26H/i1D,11D,12D. The lowest BCUT2D eigenvalue weighted by molar-refractivity contribution is 0.673. The number of hydrogen-bond acceptors (Lipinski definition) is 1. The van der Waals surface area contributed by atoms with Gasteiger partial charge in [0.05, 0.1) is 4.11 Å². The molecule has 0 amide bonds. The van der Waals surface area contributed by atoms with Crippen LogP contribution < -0.4 is 0 Å². The maximum Gasteiger partial charge on any atom is 0.143 e. The Morgan fingerprint density at radius 1 is 0.419 bits per heavy atom. The minimum atomic E-state index is 0.181. The zero-order chi connectivity index (χ0) is 30.9. The van der Waals surface area contributed by atoms with E-state index in [4.69, 9.17) is 8.53 Å². The Hall–Kier alpha value is -5.66. The second-order valence-corrected chi connectivity index (χ2v) is 11.0. The van der Waals surface area contributed by atoms with Crippen LogP contribution in [-0.2, 0) is 0 Å². The molecule has 0 N–H and O–H groups in total. The van der Waals surface area contributed by atoms with Gasteiger partial charge < -0.3 is 4.42 Å². The van der Waals surface area contributed by atoms with E-state index in [1.54, 1.807) is 0 Å². The Morgan fingerprint density at radius 3 is 1.72 bits per heavy atom. The average Bonchev–Trinajstić information content (AvgIpc) is 3.47. The summed E-state index contributed by atoms with van der Waals surface area (Å²) in [5.74, 6) is 0. The third-order valence-electron chi connectivity index (χ3n) is 8.65. The zero-order valence-corrected chi connectivity index (χ0v) is 23.2. The lowest BCUT2D eigenvalue weighted by Crippen LogP contribution is -1.91. The molecule has 0 fully saturated rings. The van der Waals surface area contributed by atoms with Gasteiger partial charge in [0.25, 0.3) is 0 Å². The van der Waals surface area contributed by atoms with Crippen molar-refractivity contribution in [2.45, 2.75) is 0 Å². The van der Waals surface area contributed by atoms with Crippen LogP contribution in [0.15, 0.2) is 162 Å². The molecule has 200 valence electrons. The van der Waals surface area contributed by atoms with Gasteiger partial charge in [-0.05, 0) is 72.4 Å². The highest BCUT2D eigenvalue weighted by Gasteiger charge is 2.20. The Kier molecular flexibility index (Phi) is 4.63. The van der Waals surface area contributed by atoms with E-state index >= 15 is 0 Å². The quantitative estimate of drug-likeness (QED) is 0.200. The van der Waals surface area contributed by atoms with E-state index in [1.807, 2.05) is 12.1 Å². The largest absolute Gasteiger partial charge is 0.455 e. The van der Waals surface area contributed by atoms with Crippen LogP contribution >= 0.6 is 0 Å². The number of rotatable bonds is 3. The Morgan fingerprint density at radius 2 is 1.02 bits per heavy atom. The molecule has 0 spiro atoms. The third-order valence-corrected chi connectivity index (χ3v) is 8.65. The van der Waals surface area contributed by atoms with Gasteiger partial charge in [0.2, 0.25) is 0 Å². The summed E-state index contributed by atoms with van der Waals surface area (Å²) in [5, 5.41) is 9.13. The van der Waals surface area contributed by atoms with Crippen LogP contribution in [-0.4, -0.2) is 0 Å². The predicted molar refractivity (Wildman–Crippen MR) is 183 cm³/mol. The van der Waals surface area contributed by atoms with Crippen molar-refractivity contribution >= 4 is 54.3 Å². The summed E-state index contributed by atoms with van der Waals surface area (Å²) >= 11 is 0. The summed E-state index contributed by atoms with van der Waals surface area (Å²) in [6, 6.07) is 48.1. The van der Waals surface area contributed by atoms with E-state index in [0.29, 0.717) is 5.56 Å². The van der Waals surface area contributed by atoms with E-state index in [9.17, 15) is 0 Å². The van der Waals surface area contributed by atoms with Crippen molar-refractivity contribution < 1.29 is 8.53 Å². The third kappa shape index (κ3) is 3.65. The van der Waals surface area contributed by atoms with Gasteiger partial charge in [-0.2, -0.15) is 0 Å². The van der Waals surface area contributed by atoms with Crippen LogP contribution in [0.4, 0.5) is 0 Å². The van der Waals surface area contributed by atoms with E-state index in [0.717, 1.165) is 76.5 Å². The first-order valence-corrected chi connectivity index (χ1v) is 14.5. The van der Waals surface area contributed by atoms with Gasteiger partial charge in [-0.15, -0.1) is 0 Å². The van der Waals surface area contributed by atoms with Crippen molar-refractivity contribution in [1.29, 1.82) is 0 Å². The summed E-state index contributed by atoms with van der Waals surface area (Å²) in [6.07, 6.45) is 0. The van der Waals surface area contributed by atoms with E-state index in [1.165, 1.54) is 17.7 Å². The normalized spacial score (nSPS) is 12.7. The molecular weight excluding hydrogens is 520 g/mol. The maximum absolute atomic E-state index is 8.42. The maximum atomic E-state index is 8.42. The van der Waals surface area contributed by atoms with Crippen LogP contribution in [0.2, 0.25) is 0 Å². The lowest BCUT2D eigenvalue weighted by Gasteiger charge is -2.18. The molecule has 0 aliphatic rings. The van der Waals surface area contributed by atoms with Crippen LogP contribution in [0.25, 0.3) is 87.6 Å². The van der Waals surface area contributed by atoms with Crippen LogP contribution in [0.3, 0.4) is 0 Å². The molecular formula is C42H26O. The zero-order valence-electron chi connectivity index (χ0n) is 26.2. The highest BCUT2D eigenvalue weighted by molar-refractivity contribution is 6.27. The molecule has 1 heterocycles. The number of furan rings is 1. The van der Waals surface area contributed by atoms with Crippen molar-refractivity contribution in [3.63, 3.8) is 0 Å². The number of hydrogen-bond donors (Lipinski definition) is 0. The average molecular weight is 550 g/mol. The molecule has 1 nitrogen and oxygen atoms in total. The van der Waals surface area contributed by atoms with Gasteiger partial charge in [0, 0.05) is 16.2 Å². The molecule has 0 aliphatic carbocycles. The Balaban J connectivity index is 1.32. The highest BCUT2D eigenvalue weighted by Crippen LogP contribution is 2.47. The highest BCUT2D eigenvalue weighted by atomic mass is 16.3. The minimum Gasteiger partial charge on any atom is -0.455 e. The molecule has 0 radical (unpaired) electrons. The fourth-order valence-corrected chi connectivity index (χ4v) is 6.77. The smallest absolute Gasteiger partial charge is 0.143 e. The van der Waals surface area contributed by atoms with Gasteiger partial charge >= 0.3 is 0 Å². The van der Waals surface area contributed by atoms with E-state index in [-0.39, 0.29) is 18.1 Å². The minimum absolute atomic E-state index is 0.181. The van der Waals surface area contributed by atoms with Crippen molar-refractivity contribution in [3.8, 4) is 33.4 Å². The molecule has 1 heteroatoms. The molecule has 0 atom stereocenters. The molecule has 0 bridgehead atoms. The molecule has 8 aromatic carbocycles. The second kappa shape index (κ2) is 9.44. The number of benzene rings is 8. The van der Waals surface area contributed by atoms with Gasteiger partial charge in [-0.25, -0.2) is 0 Å². The van der Waals surface area contributed by atoms with Crippen molar-refractivity contribution in [3.05, 3.63) is 158 Å². The van der Waals surface area contributed by atoms with Gasteiger partial charge in [-0.1, -0.05) is 146 Å². The van der Waals surface area contributed by atoms with Crippen LogP contribution in [0.5, 0.6) is 0 Å². The topological polar surface area (TPSA) is 13.1 Å². The first-order chi connectivity index (χ1) is 22.6. The predicted octanol–water partition coefficient (Wildman–Crippen LogP) is 12.0. The van der Waals surface area contributed by atoms with E-state index < -0.39 is 0 Å². The summed E-state index contributed by atoms with van der Waals surface area (Å²) in [5.41, 5.74) is 7.67. The Labute approximate surface area is 253 Å². The van der Waals surface area contributed by atoms with Crippen molar-refractivity contribution in [2.75, 3.05) is 0 Å². The molecule has 43 heavy (non-hydrogen) atoms. The summed E-state index contributed by atoms with van der Waals surface area (Å²) in [4.78, 5) is 0. The molecule has 1 aromatic heterocycles. The molecule has 9 rings (SSSR count). The summed E-state index contributed by atoms with van der Waals surface area (Å²) < 4.78 is 31.3. The second-order valence-electron chi connectivity index (χ2n) is 11.0. The number of fused-ring (bicyclic) bond motifs is 7. The van der Waals surface area contributed by atoms with Crippen LogP contribution in [0.1, 0.15) is 4.11 Å².